The molecule has 0 aliphatic carbocycles. The van der Waals surface area contributed by atoms with Gasteiger partial charge in [-0.05, 0) is 49.0 Å². The van der Waals surface area contributed by atoms with Crippen LogP contribution >= 0.6 is 23.8 Å². The molecule has 0 saturated heterocycles. The standard InChI is InChI=1S/C20H19ClN4O2S/c1-13-22-9-10-25(13)18-6-4-3-5-14(18)12-23-20(28)24-15-7-8-17(21)16(11-15)19(26)27-2/h3-11H,12H2,1-2H3,(H2,23,24,28). The van der Waals surface area contributed by atoms with Crippen molar-refractivity contribution in [1.29, 1.82) is 0 Å². The largest absolute Gasteiger partial charge is 0.465 e. The maximum atomic E-state index is 11.8. The molecule has 0 radical (unpaired) electrons. The van der Waals surface area contributed by atoms with Gasteiger partial charge in [0.15, 0.2) is 5.11 Å². The Labute approximate surface area is 173 Å². The van der Waals surface area contributed by atoms with Gasteiger partial charge in [0.1, 0.15) is 5.82 Å². The fourth-order valence-electron chi connectivity index (χ4n) is 2.75. The maximum absolute atomic E-state index is 11.8. The summed E-state index contributed by atoms with van der Waals surface area (Å²) in [4.78, 5) is 16.0. The van der Waals surface area contributed by atoms with Crippen molar-refractivity contribution < 1.29 is 9.53 Å². The van der Waals surface area contributed by atoms with Gasteiger partial charge in [-0.25, -0.2) is 9.78 Å². The molecule has 0 bridgehead atoms. The van der Waals surface area contributed by atoms with E-state index in [0.29, 0.717) is 22.4 Å². The van der Waals surface area contributed by atoms with E-state index in [9.17, 15) is 4.79 Å². The number of nitrogens with zero attached hydrogens (tertiary/aromatic N) is 2. The molecular weight excluding hydrogens is 396 g/mol. The van der Waals surface area contributed by atoms with Crippen LogP contribution in [-0.4, -0.2) is 27.7 Å². The van der Waals surface area contributed by atoms with Crippen molar-refractivity contribution in [3.8, 4) is 5.69 Å². The molecule has 0 atom stereocenters. The average molecular weight is 415 g/mol. The normalized spacial score (nSPS) is 10.4. The van der Waals surface area contributed by atoms with E-state index in [-0.39, 0.29) is 5.56 Å². The number of rotatable bonds is 5. The van der Waals surface area contributed by atoms with Gasteiger partial charge in [0, 0.05) is 24.6 Å². The Morgan fingerprint density at radius 3 is 2.79 bits per heavy atom. The number of anilines is 1. The summed E-state index contributed by atoms with van der Waals surface area (Å²) in [5.41, 5.74) is 3.02. The van der Waals surface area contributed by atoms with Crippen molar-refractivity contribution in [1.82, 2.24) is 14.9 Å². The summed E-state index contributed by atoms with van der Waals surface area (Å²) in [6.45, 7) is 2.48. The number of imidazole rings is 1. The summed E-state index contributed by atoms with van der Waals surface area (Å²) in [7, 11) is 1.31. The molecule has 1 aromatic heterocycles. The first-order chi connectivity index (χ1) is 13.5. The van der Waals surface area contributed by atoms with Crippen LogP contribution < -0.4 is 10.6 Å². The highest BCUT2D eigenvalue weighted by Gasteiger charge is 2.12. The molecule has 0 fully saturated rings. The minimum Gasteiger partial charge on any atom is -0.465 e. The van der Waals surface area contributed by atoms with Gasteiger partial charge in [-0.1, -0.05) is 29.8 Å². The Morgan fingerprint density at radius 2 is 2.07 bits per heavy atom. The Bertz CT molecular complexity index is 1020. The number of para-hydroxylation sites is 1. The van der Waals surface area contributed by atoms with Gasteiger partial charge in [0.05, 0.1) is 23.4 Å². The lowest BCUT2D eigenvalue weighted by atomic mass is 10.1. The van der Waals surface area contributed by atoms with Crippen LogP contribution in [0.15, 0.2) is 54.9 Å². The SMILES string of the molecule is COC(=O)c1cc(NC(=S)NCc2ccccc2-n2ccnc2C)ccc1Cl. The fourth-order valence-corrected chi connectivity index (χ4v) is 3.13. The zero-order chi connectivity index (χ0) is 20.1. The number of hydrogen-bond acceptors (Lipinski definition) is 4. The van der Waals surface area contributed by atoms with Gasteiger partial charge in [0.2, 0.25) is 0 Å². The van der Waals surface area contributed by atoms with Crippen LogP contribution in [0.1, 0.15) is 21.7 Å². The predicted molar refractivity (Wildman–Crippen MR) is 114 cm³/mol. The van der Waals surface area contributed by atoms with Crippen molar-refractivity contribution in [3.63, 3.8) is 0 Å². The van der Waals surface area contributed by atoms with Crippen LogP contribution in [0.2, 0.25) is 5.02 Å². The summed E-state index contributed by atoms with van der Waals surface area (Å²) in [5, 5.41) is 6.99. The number of aromatic nitrogens is 2. The van der Waals surface area contributed by atoms with Crippen LogP contribution in [0.4, 0.5) is 5.69 Å². The monoisotopic (exact) mass is 414 g/mol. The Hall–Kier alpha value is -2.90. The molecule has 1 heterocycles. The number of benzene rings is 2. The third-order valence-electron chi connectivity index (χ3n) is 4.15. The number of methoxy groups -OCH3 is 1. The van der Waals surface area contributed by atoms with Crippen LogP contribution in [0.25, 0.3) is 5.69 Å². The molecule has 0 amide bonds. The van der Waals surface area contributed by atoms with E-state index < -0.39 is 5.97 Å². The van der Waals surface area contributed by atoms with Crippen molar-refractivity contribution in [2.45, 2.75) is 13.5 Å². The first kappa shape index (κ1) is 19.9. The molecule has 0 aliphatic rings. The van der Waals surface area contributed by atoms with E-state index in [1.165, 1.54) is 7.11 Å². The number of hydrogen-bond donors (Lipinski definition) is 2. The summed E-state index contributed by atoms with van der Waals surface area (Å²) >= 11 is 11.4. The molecule has 144 valence electrons. The Balaban J connectivity index is 1.69. The third kappa shape index (κ3) is 4.49. The van der Waals surface area contributed by atoms with E-state index in [1.54, 1.807) is 24.4 Å². The van der Waals surface area contributed by atoms with Crippen molar-refractivity contribution in [3.05, 3.63) is 76.8 Å². The summed E-state index contributed by atoms with van der Waals surface area (Å²) in [5.74, 6) is 0.404. The zero-order valence-electron chi connectivity index (χ0n) is 15.4. The van der Waals surface area contributed by atoms with Crippen LogP contribution in [0.3, 0.4) is 0 Å². The lowest BCUT2D eigenvalue weighted by Crippen LogP contribution is -2.28. The summed E-state index contributed by atoms with van der Waals surface area (Å²) in [6.07, 6.45) is 3.69. The van der Waals surface area contributed by atoms with Gasteiger partial charge >= 0.3 is 5.97 Å². The van der Waals surface area contributed by atoms with E-state index in [2.05, 4.69) is 15.6 Å². The molecule has 0 spiro atoms. The van der Waals surface area contributed by atoms with Crippen molar-refractivity contribution >= 4 is 40.6 Å². The molecule has 0 aliphatic heterocycles. The number of halogens is 1. The molecule has 3 aromatic rings. The topological polar surface area (TPSA) is 68.2 Å². The van der Waals surface area contributed by atoms with Gasteiger partial charge in [-0.3, -0.25) is 0 Å². The molecule has 28 heavy (non-hydrogen) atoms. The quantitative estimate of drug-likeness (QED) is 0.483. The van der Waals surface area contributed by atoms with Gasteiger partial charge < -0.3 is 19.9 Å². The van der Waals surface area contributed by atoms with E-state index in [1.807, 2.05) is 42.0 Å². The van der Waals surface area contributed by atoms with E-state index in [0.717, 1.165) is 17.1 Å². The maximum Gasteiger partial charge on any atom is 0.339 e. The number of thiocarbonyl (C=S) groups is 1. The lowest BCUT2D eigenvalue weighted by Gasteiger charge is -2.15. The number of carbonyl (C=O) groups excluding carboxylic acids is 1. The smallest absolute Gasteiger partial charge is 0.339 e. The number of carbonyl (C=O) groups is 1. The van der Waals surface area contributed by atoms with Gasteiger partial charge in [-0.15, -0.1) is 0 Å². The molecule has 2 N–H and O–H groups in total. The third-order valence-corrected chi connectivity index (χ3v) is 4.72. The minimum absolute atomic E-state index is 0.276. The van der Waals surface area contributed by atoms with E-state index >= 15 is 0 Å². The molecule has 6 nitrogen and oxygen atoms in total. The van der Waals surface area contributed by atoms with Gasteiger partial charge in [-0.2, -0.15) is 0 Å². The average Bonchev–Trinajstić information content (AvgIpc) is 3.13. The van der Waals surface area contributed by atoms with Gasteiger partial charge in [0.25, 0.3) is 0 Å². The minimum atomic E-state index is -0.503. The highest BCUT2D eigenvalue weighted by atomic mass is 35.5. The number of aryl methyl sites for hydroxylation is 1. The molecule has 8 heteroatoms. The van der Waals surface area contributed by atoms with E-state index in [4.69, 9.17) is 28.6 Å². The summed E-state index contributed by atoms with van der Waals surface area (Å²) < 4.78 is 6.76. The van der Waals surface area contributed by atoms with Crippen molar-refractivity contribution in [2.75, 3.05) is 12.4 Å². The molecule has 3 rings (SSSR count). The first-order valence-corrected chi connectivity index (χ1v) is 9.29. The van der Waals surface area contributed by atoms with Crippen LogP contribution in [0, 0.1) is 6.92 Å². The highest BCUT2D eigenvalue weighted by Crippen LogP contribution is 2.21. The fraction of sp³-hybridized carbons (Fsp3) is 0.150. The predicted octanol–water partition coefficient (Wildman–Crippen LogP) is 4.11. The Kier molecular flexibility index (Phi) is 6.28. The van der Waals surface area contributed by atoms with Crippen LogP contribution in [0.5, 0.6) is 0 Å². The number of esters is 1. The molecule has 0 unspecified atom stereocenters. The number of ether oxygens (including phenoxy) is 1. The zero-order valence-corrected chi connectivity index (χ0v) is 17.0. The van der Waals surface area contributed by atoms with Crippen LogP contribution in [-0.2, 0) is 11.3 Å². The molecular formula is C20H19ClN4O2S. The van der Waals surface area contributed by atoms with Crippen molar-refractivity contribution in [2.24, 2.45) is 0 Å². The second-order valence-corrected chi connectivity index (χ2v) is 6.78. The first-order valence-electron chi connectivity index (χ1n) is 8.50. The Morgan fingerprint density at radius 1 is 1.29 bits per heavy atom. The highest BCUT2D eigenvalue weighted by molar-refractivity contribution is 7.80. The summed E-state index contributed by atoms with van der Waals surface area (Å²) in [6, 6.07) is 13.0. The lowest BCUT2D eigenvalue weighted by molar-refractivity contribution is 0.0601. The second-order valence-electron chi connectivity index (χ2n) is 5.97. The molecule has 0 saturated carbocycles. The second kappa shape index (κ2) is 8.86. The number of nitrogens with one attached hydrogen (secondary N) is 2. The molecule has 2 aromatic carbocycles.